The van der Waals surface area contributed by atoms with Crippen molar-refractivity contribution in [1.29, 1.82) is 0 Å². The molecule has 0 spiro atoms. The summed E-state index contributed by atoms with van der Waals surface area (Å²) in [5.74, 6) is 0. The zero-order valence-electron chi connectivity index (χ0n) is 43.2. The summed E-state index contributed by atoms with van der Waals surface area (Å²) in [6, 6.07) is 32.8. The van der Waals surface area contributed by atoms with Crippen LogP contribution in [0.2, 0.25) is 0 Å². The van der Waals surface area contributed by atoms with Crippen LogP contribution in [0.1, 0.15) is 188 Å². The molecule has 5 aromatic carbocycles. The molecule has 2 nitrogen and oxygen atoms in total. The monoisotopic (exact) mass is 879 g/mol. The van der Waals surface area contributed by atoms with Crippen molar-refractivity contribution in [3.63, 3.8) is 0 Å². The lowest BCUT2D eigenvalue weighted by molar-refractivity contribution is 0.332. The van der Waals surface area contributed by atoms with Gasteiger partial charge in [-0.2, -0.15) is 0 Å². The van der Waals surface area contributed by atoms with E-state index in [2.05, 4.69) is 225 Å². The van der Waals surface area contributed by atoms with E-state index in [1.807, 2.05) is 0 Å². The second-order valence-electron chi connectivity index (χ2n) is 26.5. The predicted octanol–water partition coefficient (Wildman–Crippen LogP) is 15.9. The van der Waals surface area contributed by atoms with Gasteiger partial charge < -0.3 is 9.80 Å². The van der Waals surface area contributed by atoms with Crippen molar-refractivity contribution in [3.05, 3.63) is 123 Å². The van der Waals surface area contributed by atoms with Crippen LogP contribution in [0.5, 0.6) is 0 Å². The van der Waals surface area contributed by atoms with Gasteiger partial charge in [-0.15, -0.1) is 11.3 Å². The molecule has 65 heavy (non-hydrogen) atoms. The van der Waals surface area contributed by atoms with E-state index in [4.69, 9.17) is 0 Å². The molecule has 0 bridgehead atoms. The summed E-state index contributed by atoms with van der Waals surface area (Å²) in [6.07, 6.45) is 4.78. The molecule has 0 unspecified atom stereocenters. The molecule has 0 saturated carbocycles. The third-order valence-corrected chi connectivity index (χ3v) is 18.0. The molecule has 0 saturated heterocycles. The third kappa shape index (κ3) is 6.83. The van der Waals surface area contributed by atoms with Gasteiger partial charge in [-0.1, -0.05) is 148 Å². The first-order valence-corrected chi connectivity index (χ1v) is 25.6. The van der Waals surface area contributed by atoms with Crippen LogP contribution in [0.3, 0.4) is 0 Å². The maximum atomic E-state index is 2.71. The fourth-order valence-corrected chi connectivity index (χ4v) is 13.4. The Morgan fingerprint density at radius 3 is 1.48 bits per heavy atom. The minimum Gasteiger partial charge on any atom is -0.311 e. The molecule has 6 aromatic rings. The zero-order valence-corrected chi connectivity index (χ0v) is 44.0. The van der Waals surface area contributed by atoms with Crippen molar-refractivity contribution in [2.24, 2.45) is 0 Å². The number of benzene rings is 5. The lowest BCUT2D eigenvalue weighted by Crippen LogP contribution is -2.61. The van der Waals surface area contributed by atoms with E-state index >= 15 is 0 Å². The minimum absolute atomic E-state index is 0.0540. The molecule has 0 fully saturated rings. The number of aryl methyl sites for hydroxylation is 1. The van der Waals surface area contributed by atoms with E-state index in [0.29, 0.717) is 0 Å². The van der Waals surface area contributed by atoms with Crippen LogP contribution in [0.15, 0.2) is 78.9 Å². The number of hydrogen-bond acceptors (Lipinski definition) is 3. The van der Waals surface area contributed by atoms with E-state index in [1.54, 1.807) is 0 Å². The van der Waals surface area contributed by atoms with E-state index in [9.17, 15) is 0 Å². The normalized spacial score (nSPS) is 19.1. The highest BCUT2D eigenvalue weighted by molar-refractivity contribution is 7.33. The van der Waals surface area contributed by atoms with Gasteiger partial charge in [0.15, 0.2) is 0 Å². The van der Waals surface area contributed by atoms with E-state index in [-0.39, 0.29) is 44.6 Å². The van der Waals surface area contributed by atoms with Gasteiger partial charge >= 0.3 is 0 Å². The van der Waals surface area contributed by atoms with Gasteiger partial charge in [0.25, 0.3) is 6.71 Å². The van der Waals surface area contributed by atoms with Crippen LogP contribution in [0.25, 0.3) is 10.1 Å². The topological polar surface area (TPSA) is 6.48 Å². The summed E-state index contributed by atoms with van der Waals surface area (Å²) in [5.41, 5.74) is 22.7. The van der Waals surface area contributed by atoms with Crippen molar-refractivity contribution in [3.8, 4) is 0 Å². The molecule has 10 rings (SSSR count). The average Bonchev–Trinajstić information content (AvgIpc) is 3.58. The first-order valence-electron chi connectivity index (χ1n) is 24.8. The molecule has 0 N–H and O–H groups in total. The highest BCUT2D eigenvalue weighted by atomic mass is 32.1. The summed E-state index contributed by atoms with van der Waals surface area (Å²) in [6.45, 7) is 43.6. The van der Waals surface area contributed by atoms with Crippen molar-refractivity contribution in [1.82, 2.24) is 0 Å². The van der Waals surface area contributed by atoms with Crippen molar-refractivity contribution in [2.75, 3.05) is 9.80 Å². The van der Waals surface area contributed by atoms with Crippen molar-refractivity contribution < 1.29 is 0 Å². The second kappa shape index (κ2) is 13.9. The van der Waals surface area contributed by atoms with Gasteiger partial charge in [0.1, 0.15) is 0 Å². The average molecular weight is 879 g/mol. The molecule has 4 heteroatoms. The lowest BCUT2D eigenvalue weighted by Gasteiger charge is -2.47. The first-order chi connectivity index (χ1) is 30.0. The van der Waals surface area contributed by atoms with Crippen molar-refractivity contribution >= 4 is 78.0 Å². The molecular weight excluding hydrogens is 804 g/mol. The first kappa shape index (κ1) is 44.6. The molecule has 0 amide bonds. The van der Waals surface area contributed by atoms with E-state index in [1.165, 1.54) is 130 Å². The van der Waals surface area contributed by atoms with Crippen LogP contribution in [-0.4, -0.2) is 6.71 Å². The van der Waals surface area contributed by atoms with Crippen LogP contribution >= 0.6 is 11.3 Å². The molecule has 2 aliphatic heterocycles. The Kier molecular flexibility index (Phi) is 9.53. The highest BCUT2D eigenvalue weighted by Gasteiger charge is 2.49. The van der Waals surface area contributed by atoms with Gasteiger partial charge in [0.05, 0.1) is 5.69 Å². The van der Waals surface area contributed by atoms with Crippen LogP contribution in [0, 0.1) is 6.92 Å². The minimum atomic E-state index is -0.0899. The van der Waals surface area contributed by atoms with E-state index in [0.717, 1.165) is 0 Å². The molecule has 338 valence electrons. The molecule has 2 aliphatic carbocycles. The summed E-state index contributed by atoms with van der Waals surface area (Å²) >= 11 is 2.07. The molecular formula is C61H75BN2S. The summed E-state index contributed by atoms with van der Waals surface area (Å²) in [5, 5.41) is 1.40. The van der Waals surface area contributed by atoms with Crippen LogP contribution < -0.4 is 25.5 Å². The number of thiophene rings is 1. The fraction of sp³-hybridized carbons (Fsp3) is 0.475. The molecule has 1 aromatic heterocycles. The zero-order chi connectivity index (χ0) is 46.9. The Bertz CT molecular complexity index is 2950. The van der Waals surface area contributed by atoms with Crippen molar-refractivity contribution in [2.45, 2.75) is 188 Å². The quantitative estimate of drug-likeness (QED) is 0.160. The summed E-state index contributed by atoms with van der Waals surface area (Å²) in [7, 11) is 0. The second-order valence-corrected chi connectivity index (χ2v) is 27.6. The highest BCUT2D eigenvalue weighted by Crippen LogP contribution is 2.55. The predicted molar refractivity (Wildman–Crippen MR) is 287 cm³/mol. The molecule has 3 heterocycles. The number of fused-ring (bicyclic) bond motifs is 8. The Labute approximate surface area is 397 Å². The van der Waals surface area contributed by atoms with Gasteiger partial charge in [0, 0.05) is 43.3 Å². The molecule has 0 atom stereocenters. The summed E-state index contributed by atoms with van der Waals surface area (Å²) in [4.78, 5) is 5.42. The van der Waals surface area contributed by atoms with Crippen LogP contribution in [-0.2, 0) is 37.9 Å². The maximum Gasteiger partial charge on any atom is 0.264 e. The largest absolute Gasteiger partial charge is 0.311 e. The maximum absolute atomic E-state index is 2.71. The Hall–Kier alpha value is -4.28. The standard InChI is InChI=1S/C61H75BN2S/c1-36-29-38(56(5,6)7)21-24-47(36)64-48-34-44-43(59(13,14)26-27-60(44,15)16)33-46(48)62-52-49(30-39(31-50(52)64)57(8,9)10)63(40-22-19-37(20-23-40)55(2,3)4)53-41-32-42-45(35-51(41)65-54(53)62)61(17,18)28-25-58(42,11)12/h19-24,29-35H,25-28H2,1-18H3. The SMILES string of the molecule is Cc1cc(C(C)(C)C)ccc1N1c2cc3c(cc2B2c4sc5cc6c(cc5c4N(c4ccc(C(C)(C)C)cc4)c4cc(C(C)(C)C)cc1c42)C(C)(C)CCC6(C)C)C(C)(C)CCC3(C)C. The Morgan fingerprint density at radius 2 is 0.954 bits per heavy atom. The van der Waals surface area contributed by atoms with Gasteiger partial charge in [-0.3, -0.25) is 0 Å². The van der Waals surface area contributed by atoms with Crippen LogP contribution in [0.4, 0.5) is 34.1 Å². The van der Waals surface area contributed by atoms with Gasteiger partial charge in [-0.25, -0.2) is 0 Å². The van der Waals surface area contributed by atoms with E-state index < -0.39 is 0 Å². The Morgan fingerprint density at radius 1 is 0.477 bits per heavy atom. The smallest absolute Gasteiger partial charge is 0.264 e. The van der Waals surface area contributed by atoms with Gasteiger partial charge in [-0.05, 0) is 174 Å². The molecule has 0 radical (unpaired) electrons. The number of rotatable bonds is 2. The van der Waals surface area contributed by atoms with Gasteiger partial charge in [0.2, 0.25) is 0 Å². The summed E-state index contributed by atoms with van der Waals surface area (Å²) < 4.78 is 2.89. The Balaban J connectivity index is 1.38. The molecule has 4 aliphatic rings. The lowest BCUT2D eigenvalue weighted by atomic mass is 9.35. The number of anilines is 6. The fourth-order valence-electron chi connectivity index (χ4n) is 12.0. The number of nitrogens with zero attached hydrogens (tertiary/aromatic N) is 2. The third-order valence-electron chi connectivity index (χ3n) is 16.8. The number of hydrogen-bond donors (Lipinski definition) is 0.